The van der Waals surface area contributed by atoms with Crippen molar-refractivity contribution in [3.63, 3.8) is 0 Å². The molecule has 3 rings (SSSR count). The van der Waals surface area contributed by atoms with Gasteiger partial charge in [0.2, 0.25) is 10.0 Å². The Balaban J connectivity index is 1.68. The van der Waals surface area contributed by atoms with E-state index in [4.69, 9.17) is 9.47 Å². The molecule has 1 saturated heterocycles. The molecule has 8 heteroatoms. The van der Waals surface area contributed by atoms with E-state index in [-0.39, 0.29) is 47.9 Å². The van der Waals surface area contributed by atoms with E-state index in [1.54, 1.807) is 12.1 Å². The fourth-order valence-electron chi connectivity index (χ4n) is 3.08. The Morgan fingerprint density at radius 1 is 1.11 bits per heavy atom. The van der Waals surface area contributed by atoms with Crippen LogP contribution in [0.2, 0.25) is 0 Å². The van der Waals surface area contributed by atoms with Crippen LogP contribution in [0.5, 0.6) is 0 Å². The van der Waals surface area contributed by atoms with Gasteiger partial charge in [0, 0.05) is 18.7 Å². The minimum Gasteiger partial charge on any atom is -0.457 e. The summed E-state index contributed by atoms with van der Waals surface area (Å²) >= 11 is 0. The topological polar surface area (TPSA) is 72.9 Å². The van der Waals surface area contributed by atoms with Gasteiger partial charge in [0.25, 0.3) is 0 Å². The molecular formula is C20H22FNO5S. The van der Waals surface area contributed by atoms with Crippen LogP contribution in [-0.2, 0) is 26.1 Å². The number of sulfonamides is 1. The van der Waals surface area contributed by atoms with Crippen LogP contribution in [0.1, 0.15) is 29.8 Å². The van der Waals surface area contributed by atoms with E-state index in [2.05, 4.69) is 0 Å². The number of nitrogens with zero attached hydrogens (tertiary/aromatic N) is 1. The molecule has 0 spiro atoms. The lowest BCUT2D eigenvalue weighted by molar-refractivity contribution is -0.0440. The Labute approximate surface area is 163 Å². The number of rotatable bonds is 5. The number of benzene rings is 2. The minimum atomic E-state index is -3.68. The van der Waals surface area contributed by atoms with Crippen LogP contribution >= 0.6 is 0 Å². The molecule has 0 aromatic heterocycles. The van der Waals surface area contributed by atoms with Crippen LogP contribution in [0.25, 0.3) is 0 Å². The average molecular weight is 407 g/mol. The number of esters is 1. The van der Waals surface area contributed by atoms with Gasteiger partial charge in [-0.2, -0.15) is 4.31 Å². The third-order valence-electron chi connectivity index (χ3n) is 4.43. The second-order valence-electron chi connectivity index (χ2n) is 6.77. The van der Waals surface area contributed by atoms with Crippen LogP contribution in [0.15, 0.2) is 53.4 Å². The third-order valence-corrected chi connectivity index (χ3v) is 6.28. The maximum atomic E-state index is 13.6. The number of hydrogen-bond acceptors (Lipinski definition) is 5. The van der Waals surface area contributed by atoms with Crippen molar-refractivity contribution >= 4 is 16.0 Å². The smallest absolute Gasteiger partial charge is 0.338 e. The standard InChI is InChI=1S/C20H22FNO5S/c1-14-11-22(12-15(2)27-14)28(24,25)18-9-7-16(8-10-18)20(23)26-13-17-5-3-4-6-19(17)21/h3-10,14-15H,11-13H2,1-2H3. The lowest BCUT2D eigenvalue weighted by Gasteiger charge is -2.34. The first-order chi connectivity index (χ1) is 13.3. The molecule has 150 valence electrons. The quantitative estimate of drug-likeness (QED) is 0.713. The average Bonchev–Trinajstić information content (AvgIpc) is 2.66. The molecule has 2 atom stereocenters. The molecule has 0 aliphatic carbocycles. The molecule has 2 unspecified atom stereocenters. The van der Waals surface area contributed by atoms with Gasteiger partial charge in [-0.15, -0.1) is 0 Å². The van der Waals surface area contributed by atoms with Crippen molar-refractivity contribution in [2.75, 3.05) is 13.1 Å². The van der Waals surface area contributed by atoms with E-state index < -0.39 is 21.8 Å². The van der Waals surface area contributed by atoms with Gasteiger partial charge in [-0.05, 0) is 44.2 Å². The summed E-state index contributed by atoms with van der Waals surface area (Å²) in [6.07, 6.45) is -0.377. The molecule has 0 N–H and O–H groups in total. The minimum absolute atomic E-state index is 0.0967. The molecule has 6 nitrogen and oxygen atoms in total. The van der Waals surface area contributed by atoms with E-state index in [9.17, 15) is 17.6 Å². The Morgan fingerprint density at radius 3 is 2.32 bits per heavy atom. The molecule has 1 heterocycles. The van der Waals surface area contributed by atoms with Gasteiger partial charge in [-0.25, -0.2) is 17.6 Å². The predicted molar refractivity (Wildman–Crippen MR) is 101 cm³/mol. The number of halogens is 1. The highest BCUT2D eigenvalue weighted by atomic mass is 32.2. The van der Waals surface area contributed by atoms with Crippen LogP contribution < -0.4 is 0 Å². The summed E-state index contributed by atoms with van der Waals surface area (Å²) in [5, 5.41) is 0. The number of morpholine rings is 1. The van der Waals surface area contributed by atoms with Crippen molar-refractivity contribution < 1.29 is 27.1 Å². The summed E-state index contributed by atoms with van der Waals surface area (Å²) in [5.74, 6) is -1.11. The van der Waals surface area contributed by atoms with Crippen molar-refractivity contribution in [3.05, 3.63) is 65.5 Å². The van der Waals surface area contributed by atoms with Crippen LogP contribution in [0.4, 0.5) is 4.39 Å². The molecule has 1 fully saturated rings. The fraction of sp³-hybridized carbons (Fsp3) is 0.350. The Kier molecular flexibility index (Phi) is 6.12. The molecule has 0 radical (unpaired) electrons. The first-order valence-corrected chi connectivity index (χ1v) is 10.4. The van der Waals surface area contributed by atoms with Crippen molar-refractivity contribution in [1.29, 1.82) is 0 Å². The van der Waals surface area contributed by atoms with Crippen LogP contribution in [0.3, 0.4) is 0 Å². The molecule has 2 aromatic rings. The third kappa shape index (κ3) is 4.57. The summed E-state index contributed by atoms with van der Waals surface area (Å²) in [5.41, 5.74) is 0.463. The number of hydrogen-bond donors (Lipinski definition) is 0. The molecule has 1 aliphatic heterocycles. The predicted octanol–water partition coefficient (Wildman–Crippen LogP) is 2.98. The second-order valence-corrected chi connectivity index (χ2v) is 8.71. The second kappa shape index (κ2) is 8.38. The van der Waals surface area contributed by atoms with Crippen molar-refractivity contribution in [1.82, 2.24) is 4.31 Å². The Hall–Kier alpha value is -2.29. The summed E-state index contributed by atoms with van der Waals surface area (Å²) < 4.78 is 51.3. The zero-order chi connectivity index (χ0) is 20.3. The normalized spacial score (nSPS) is 20.7. The Morgan fingerprint density at radius 2 is 1.71 bits per heavy atom. The molecule has 0 saturated carbocycles. The van der Waals surface area contributed by atoms with Crippen molar-refractivity contribution in [3.8, 4) is 0 Å². The maximum absolute atomic E-state index is 13.6. The van der Waals surface area contributed by atoms with Crippen molar-refractivity contribution in [2.45, 2.75) is 37.6 Å². The maximum Gasteiger partial charge on any atom is 0.338 e. The van der Waals surface area contributed by atoms with Gasteiger partial charge in [0.05, 0.1) is 22.7 Å². The molecule has 28 heavy (non-hydrogen) atoms. The molecule has 0 bridgehead atoms. The Bertz CT molecular complexity index is 935. The molecular weight excluding hydrogens is 385 g/mol. The number of carbonyl (C=O) groups is 1. The molecule has 1 aliphatic rings. The highest BCUT2D eigenvalue weighted by Crippen LogP contribution is 2.22. The lowest BCUT2D eigenvalue weighted by Crippen LogP contribution is -2.48. The fourth-order valence-corrected chi connectivity index (χ4v) is 4.67. The summed E-state index contributed by atoms with van der Waals surface area (Å²) in [6, 6.07) is 11.6. The SMILES string of the molecule is CC1CN(S(=O)(=O)c2ccc(C(=O)OCc3ccccc3F)cc2)CC(C)O1. The first kappa shape index (κ1) is 20.4. The lowest BCUT2D eigenvalue weighted by atomic mass is 10.2. The largest absolute Gasteiger partial charge is 0.457 e. The van der Waals surface area contributed by atoms with E-state index in [1.807, 2.05) is 13.8 Å². The van der Waals surface area contributed by atoms with E-state index >= 15 is 0 Å². The number of carbonyl (C=O) groups excluding carboxylic acids is 1. The first-order valence-electron chi connectivity index (χ1n) is 8.93. The van der Waals surface area contributed by atoms with Gasteiger partial charge in [0.1, 0.15) is 12.4 Å². The van der Waals surface area contributed by atoms with Gasteiger partial charge in [-0.3, -0.25) is 0 Å². The summed E-state index contributed by atoms with van der Waals surface area (Å²) in [4.78, 5) is 12.3. The monoisotopic (exact) mass is 407 g/mol. The zero-order valence-electron chi connectivity index (χ0n) is 15.7. The van der Waals surface area contributed by atoms with Gasteiger partial charge in [0.15, 0.2) is 0 Å². The number of ether oxygens (including phenoxy) is 2. The summed E-state index contributed by atoms with van der Waals surface area (Å²) in [7, 11) is -3.68. The highest BCUT2D eigenvalue weighted by molar-refractivity contribution is 7.89. The van der Waals surface area contributed by atoms with E-state index in [0.29, 0.717) is 0 Å². The van der Waals surface area contributed by atoms with Crippen LogP contribution in [-0.4, -0.2) is 44.0 Å². The zero-order valence-corrected chi connectivity index (χ0v) is 16.5. The summed E-state index contributed by atoms with van der Waals surface area (Å²) in [6.45, 7) is 4.01. The molecule has 0 amide bonds. The highest BCUT2D eigenvalue weighted by Gasteiger charge is 2.32. The van der Waals surface area contributed by atoms with E-state index in [0.717, 1.165) is 0 Å². The van der Waals surface area contributed by atoms with Gasteiger partial charge < -0.3 is 9.47 Å². The van der Waals surface area contributed by atoms with E-state index in [1.165, 1.54) is 40.7 Å². The van der Waals surface area contributed by atoms with Crippen molar-refractivity contribution in [2.24, 2.45) is 0 Å². The van der Waals surface area contributed by atoms with Gasteiger partial charge in [-0.1, -0.05) is 18.2 Å². The van der Waals surface area contributed by atoms with Gasteiger partial charge >= 0.3 is 5.97 Å². The van der Waals surface area contributed by atoms with Crippen LogP contribution in [0, 0.1) is 5.82 Å². The molecule has 2 aromatic carbocycles.